The van der Waals surface area contributed by atoms with Gasteiger partial charge in [-0.2, -0.15) is 0 Å². The van der Waals surface area contributed by atoms with Crippen molar-refractivity contribution < 1.29 is 4.42 Å². The number of anilines is 3. The van der Waals surface area contributed by atoms with Gasteiger partial charge in [0.2, 0.25) is 0 Å². The van der Waals surface area contributed by atoms with Crippen molar-refractivity contribution in [2.45, 2.75) is 0 Å². The van der Waals surface area contributed by atoms with Crippen LogP contribution in [0.1, 0.15) is 0 Å². The lowest BCUT2D eigenvalue weighted by Crippen LogP contribution is -2.10. The molecule has 2 heterocycles. The van der Waals surface area contributed by atoms with Gasteiger partial charge < -0.3 is 13.9 Å². The largest absolute Gasteiger partial charge is 0.455 e. The summed E-state index contributed by atoms with van der Waals surface area (Å²) in [6, 6.07) is 78.1. The predicted molar refractivity (Wildman–Crippen MR) is 239 cm³/mol. The number of fused-ring (bicyclic) bond motifs is 6. The average molecular weight is 729 g/mol. The number of rotatable bonds is 7. The van der Waals surface area contributed by atoms with Crippen LogP contribution in [0.25, 0.3) is 82.8 Å². The third-order valence-electron chi connectivity index (χ3n) is 11.2. The van der Waals surface area contributed by atoms with E-state index in [1.165, 1.54) is 32.9 Å². The topological polar surface area (TPSA) is 21.3 Å². The fraction of sp³-hybridized carbons (Fsp3) is 0. The quantitative estimate of drug-likeness (QED) is 0.163. The maximum Gasteiger partial charge on any atom is 0.143 e. The molecule has 0 saturated carbocycles. The number of furan rings is 1. The van der Waals surface area contributed by atoms with Gasteiger partial charge in [-0.3, -0.25) is 0 Å². The Balaban J connectivity index is 1.04. The monoisotopic (exact) mass is 728 g/mol. The Morgan fingerprint density at radius 2 is 0.912 bits per heavy atom. The highest BCUT2D eigenvalue weighted by molar-refractivity contribution is 6.12. The molecule has 11 rings (SSSR count). The van der Waals surface area contributed by atoms with E-state index in [0.717, 1.165) is 66.9 Å². The number of aromatic nitrogens is 1. The Morgan fingerprint density at radius 1 is 0.333 bits per heavy atom. The molecule has 3 heteroatoms. The summed E-state index contributed by atoms with van der Waals surface area (Å²) in [5.41, 5.74) is 15.5. The molecule has 0 atom stereocenters. The summed E-state index contributed by atoms with van der Waals surface area (Å²) in [7, 11) is 0. The summed E-state index contributed by atoms with van der Waals surface area (Å²) in [5, 5.41) is 4.68. The van der Waals surface area contributed by atoms with Gasteiger partial charge in [-0.05, 0) is 101 Å². The Labute approximate surface area is 330 Å². The minimum absolute atomic E-state index is 0.891. The van der Waals surface area contributed by atoms with Gasteiger partial charge in [-0.1, -0.05) is 146 Å². The Hall–Kier alpha value is -7.62. The molecule has 0 fully saturated rings. The van der Waals surface area contributed by atoms with Gasteiger partial charge >= 0.3 is 0 Å². The molecular formula is C54H36N2O. The van der Waals surface area contributed by atoms with Crippen LogP contribution >= 0.6 is 0 Å². The highest BCUT2D eigenvalue weighted by Gasteiger charge is 2.19. The van der Waals surface area contributed by atoms with Gasteiger partial charge in [0.25, 0.3) is 0 Å². The van der Waals surface area contributed by atoms with Gasteiger partial charge in [0.1, 0.15) is 11.2 Å². The molecular weight excluding hydrogens is 693 g/mol. The molecule has 0 bridgehead atoms. The van der Waals surface area contributed by atoms with E-state index in [1.807, 2.05) is 6.07 Å². The molecule has 0 saturated heterocycles. The molecule has 2 aromatic heterocycles. The van der Waals surface area contributed by atoms with Gasteiger partial charge in [0.15, 0.2) is 0 Å². The summed E-state index contributed by atoms with van der Waals surface area (Å²) < 4.78 is 8.86. The second-order valence-corrected chi connectivity index (χ2v) is 14.5. The zero-order chi connectivity index (χ0) is 37.7. The lowest BCUT2D eigenvalue weighted by molar-refractivity contribution is 0.670. The maximum atomic E-state index is 6.49. The standard InChI is InChI=1S/C54H36N2O/c1-4-14-37(15-5-1)40-18-12-21-44(34-40)55(45-31-32-52-49(36-45)47-22-10-11-25-51(47)56(52)42-19-8-3-9-20-42)43-29-26-38(27-30-43)41-28-33-53-50(35-41)48-24-13-23-46(54(48)57-53)39-16-6-2-7-17-39/h1-36H. The number of benzene rings is 9. The SMILES string of the molecule is c1ccc(-c2cccc(N(c3ccc(-c4ccc5oc6c(-c7ccccc7)cccc6c5c4)cc3)c3ccc4c(c3)c3ccccc3n4-c3ccccc3)c2)cc1. The van der Waals surface area contributed by atoms with Crippen molar-refractivity contribution in [1.29, 1.82) is 0 Å². The summed E-state index contributed by atoms with van der Waals surface area (Å²) in [4.78, 5) is 2.38. The summed E-state index contributed by atoms with van der Waals surface area (Å²) >= 11 is 0. The van der Waals surface area contributed by atoms with E-state index in [-0.39, 0.29) is 0 Å². The highest BCUT2D eigenvalue weighted by Crippen LogP contribution is 2.42. The van der Waals surface area contributed by atoms with E-state index in [9.17, 15) is 0 Å². The van der Waals surface area contributed by atoms with Crippen LogP contribution in [0.2, 0.25) is 0 Å². The molecule has 57 heavy (non-hydrogen) atoms. The molecule has 0 N–H and O–H groups in total. The van der Waals surface area contributed by atoms with E-state index in [2.05, 4.69) is 222 Å². The van der Waals surface area contributed by atoms with Crippen LogP contribution in [0.15, 0.2) is 223 Å². The number of para-hydroxylation sites is 3. The Morgan fingerprint density at radius 3 is 1.72 bits per heavy atom. The maximum absolute atomic E-state index is 6.49. The normalized spacial score (nSPS) is 11.5. The smallest absolute Gasteiger partial charge is 0.143 e. The van der Waals surface area contributed by atoms with Crippen LogP contribution in [0.3, 0.4) is 0 Å². The Bertz CT molecular complexity index is 3220. The minimum Gasteiger partial charge on any atom is -0.455 e. The molecule has 3 nitrogen and oxygen atoms in total. The van der Waals surface area contributed by atoms with Crippen molar-refractivity contribution in [1.82, 2.24) is 4.57 Å². The molecule has 0 aliphatic heterocycles. The van der Waals surface area contributed by atoms with Crippen LogP contribution < -0.4 is 4.90 Å². The lowest BCUT2D eigenvalue weighted by atomic mass is 10.00. The van der Waals surface area contributed by atoms with Crippen molar-refractivity contribution in [3.63, 3.8) is 0 Å². The molecule has 0 aliphatic carbocycles. The zero-order valence-electron chi connectivity index (χ0n) is 31.1. The third-order valence-corrected chi connectivity index (χ3v) is 11.2. The molecule has 0 aliphatic rings. The third kappa shape index (κ3) is 5.68. The molecule has 0 spiro atoms. The van der Waals surface area contributed by atoms with Crippen LogP contribution in [0, 0.1) is 0 Å². The highest BCUT2D eigenvalue weighted by atomic mass is 16.3. The molecule has 11 aromatic rings. The van der Waals surface area contributed by atoms with E-state index in [1.54, 1.807) is 0 Å². The molecule has 0 amide bonds. The van der Waals surface area contributed by atoms with Crippen molar-refractivity contribution in [3.8, 4) is 39.1 Å². The fourth-order valence-corrected chi connectivity index (χ4v) is 8.48. The van der Waals surface area contributed by atoms with Crippen molar-refractivity contribution in [2.75, 3.05) is 4.90 Å². The zero-order valence-corrected chi connectivity index (χ0v) is 31.1. The first-order valence-corrected chi connectivity index (χ1v) is 19.4. The van der Waals surface area contributed by atoms with Crippen molar-refractivity contribution in [2.24, 2.45) is 0 Å². The first-order chi connectivity index (χ1) is 28.3. The van der Waals surface area contributed by atoms with Gasteiger partial charge in [0, 0.05) is 49.9 Å². The predicted octanol–water partition coefficient (Wildman–Crippen LogP) is 15.2. The second kappa shape index (κ2) is 13.6. The molecule has 268 valence electrons. The summed E-state index contributed by atoms with van der Waals surface area (Å²) in [6.07, 6.45) is 0. The first kappa shape index (κ1) is 32.8. The number of nitrogens with zero attached hydrogens (tertiary/aromatic N) is 2. The van der Waals surface area contributed by atoms with Crippen LogP contribution in [0.5, 0.6) is 0 Å². The van der Waals surface area contributed by atoms with E-state index in [4.69, 9.17) is 4.42 Å². The van der Waals surface area contributed by atoms with Crippen LogP contribution in [-0.2, 0) is 0 Å². The Kier molecular flexibility index (Phi) is 7.82. The van der Waals surface area contributed by atoms with E-state index < -0.39 is 0 Å². The summed E-state index contributed by atoms with van der Waals surface area (Å²) in [6.45, 7) is 0. The summed E-state index contributed by atoms with van der Waals surface area (Å²) in [5.74, 6) is 0. The molecule has 0 radical (unpaired) electrons. The van der Waals surface area contributed by atoms with Gasteiger partial charge in [-0.25, -0.2) is 0 Å². The average Bonchev–Trinajstić information content (AvgIpc) is 3.83. The number of hydrogen-bond acceptors (Lipinski definition) is 2. The molecule has 9 aromatic carbocycles. The van der Waals surface area contributed by atoms with E-state index >= 15 is 0 Å². The fourth-order valence-electron chi connectivity index (χ4n) is 8.48. The lowest BCUT2D eigenvalue weighted by Gasteiger charge is -2.26. The van der Waals surface area contributed by atoms with Gasteiger partial charge in [-0.15, -0.1) is 0 Å². The second-order valence-electron chi connectivity index (χ2n) is 14.5. The first-order valence-electron chi connectivity index (χ1n) is 19.4. The number of hydrogen-bond donors (Lipinski definition) is 0. The van der Waals surface area contributed by atoms with Crippen molar-refractivity contribution >= 4 is 60.8 Å². The minimum atomic E-state index is 0.891. The van der Waals surface area contributed by atoms with Crippen LogP contribution in [0.4, 0.5) is 17.1 Å². The van der Waals surface area contributed by atoms with E-state index in [0.29, 0.717) is 0 Å². The molecule has 0 unspecified atom stereocenters. The van der Waals surface area contributed by atoms with Crippen molar-refractivity contribution in [3.05, 3.63) is 218 Å². The van der Waals surface area contributed by atoms with Crippen LogP contribution in [-0.4, -0.2) is 4.57 Å². The van der Waals surface area contributed by atoms with Gasteiger partial charge in [0.05, 0.1) is 11.0 Å².